The zero-order chi connectivity index (χ0) is 14.7. The Hall–Kier alpha value is -2.95. The number of carbonyl (C=O) groups is 1. The number of pyridine rings is 2. The lowest BCUT2D eigenvalue weighted by atomic mass is 10.1. The predicted octanol–water partition coefficient (Wildman–Crippen LogP) is 1.85. The van der Waals surface area contributed by atoms with Gasteiger partial charge in [-0.1, -0.05) is 24.3 Å². The van der Waals surface area contributed by atoms with E-state index < -0.39 is 5.91 Å². The molecule has 3 aromatic rings. The molecule has 0 atom stereocenters. The Morgan fingerprint density at radius 2 is 2.05 bits per heavy atom. The van der Waals surface area contributed by atoms with Crippen LogP contribution in [0.2, 0.25) is 0 Å². The molecule has 2 aromatic heterocycles. The molecular weight excluding hydrogens is 266 g/mol. The summed E-state index contributed by atoms with van der Waals surface area (Å²) < 4.78 is 0. The molecule has 21 heavy (non-hydrogen) atoms. The van der Waals surface area contributed by atoms with Crippen molar-refractivity contribution in [3.05, 3.63) is 76.3 Å². The highest BCUT2D eigenvalue weighted by Crippen LogP contribution is 2.15. The average molecular weight is 279 g/mol. The second-order valence-electron chi connectivity index (χ2n) is 4.60. The van der Waals surface area contributed by atoms with Crippen LogP contribution < -0.4 is 10.7 Å². The van der Waals surface area contributed by atoms with Crippen molar-refractivity contribution >= 4 is 16.8 Å². The molecule has 0 fully saturated rings. The van der Waals surface area contributed by atoms with Crippen LogP contribution in [-0.2, 0) is 6.54 Å². The smallest absolute Gasteiger partial charge is 0.257 e. The lowest BCUT2D eigenvalue weighted by Crippen LogP contribution is -2.28. The fraction of sp³-hybridized carbons (Fsp3) is 0.0625. The monoisotopic (exact) mass is 279 g/mol. The number of para-hydroxylation sites is 1. The summed E-state index contributed by atoms with van der Waals surface area (Å²) in [6.45, 7) is 0.321. The van der Waals surface area contributed by atoms with Crippen molar-refractivity contribution < 1.29 is 4.79 Å². The quantitative estimate of drug-likeness (QED) is 0.768. The van der Waals surface area contributed by atoms with Gasteiger partial charge in [0.15, 0.2) is 5.43 Å². The molecule has 0 spiro atoms. The number of hydrogen-bond acceptors (Lipinski definition) is 3. The minimum atomic E-state index is -0.398. The molecule has 2 heterocycles. The van der Waals surface area contributed by atoms with E-state index in [2.05, 4.69) is 15.3 Å². The number of nitrogens with zero attached hydrogens (tertiary/aromatic N) is 1. The SMILES string of the molecule is O=C(NCc1cccc2cccnc12)c1c[nH]ccc1=O. The van der Waals surface area contributed by atoms with Gasteiger partial charge in [0.25, 0.3) is 5.91 Å². The number of hydrogen-bond donors (Lipinski definition) is 2. The Morgan fingerprint density at radius 1 is 1.19 bits per heavy atom. The number of aromatic amines is 1. The summed E-state index contributed by atoms with van der Waals surface area (Å²) >= 11 is 0. The van der Waals surface area contributed by atoms with Crippen LogP contribution in [0.25, 0.3) is 10.9 Å². The van der Waals surface area contributed by atoms with Crippen LogP contribution in [0, 0.1) is 0 Å². The van der Waals surface area contributed by atoms with Crippen LogP contribution in [0.3, 0.4) is 0 Å². The first-order valence-electron chi connectivity index (χ1n) is 6.53. The molecular formula is C16H13N3O2. The normalized spacial score (nSPS) is 10.5. The maximum absolute atomic E-state index is 12.0. The van der Waals surface area contributed by atoms with Gasteiger partial charge in [0.1, 0.15) is 5.56 Å². The Balaban J connectivity index is 1.83. The van der Waals surface area contributed by atoms with E-state index in [1.165, 1.54) is 18.5 Å². The van der Waals surface area contributed by atoms with Crippen LogP contribution in [-0.4, -0.2) is 15.9 Å². The van der Waals surface area contributed by atoms with Gasteiger partial charge < -0.3 is 10.3 Å². The number of carbonyl (C=O) groups excluding carboxylic acids is 1. The minimum Gasteiger partial charge on any atom is -0.367 e. The third kappa shape index (κ3) is 2.67. The fourth-order valence-corrected chi connectivity index (χ4v) is 2.17. The van der Waals surface area contributed by atoms with Crippen LogP contribution in [0.4, 0.5) is 0 Å². The van der Waals surface area contributed by atoms with E-state index in [1.54, 1.807) is 6.20 Å². The Bertz CT molecular complexity index is 850. The Kier molecular flexibility index (Phi) is 3.47. The van der Waals surface area contributed by atoms with Crippen molar-refractivity contribution in [3.63, 3.8) is 0 Å². The molecule has 0 saturated heterocycles. The van der Waals surface area contributed by atoms with Gasteiger partial charge in [0, 0.05) is 36.6 Å². The van der Waals surface area contributed by atoms with Crippen LogP contribution >= 0.6 is 0 Å². The summed E-state index contributed by atoms with van der Waals surface area (Å²) in [4.78, 5) is 30.7. The third-order valence-electron chi connectivity index (χ3n) is 3.22. The first-order valence-corrected chi connectivity index (χ1v) is 6.53. The number of amides is 1. The zero-order valence-corrected chi connectivity index (χ0v) is 11.2. The second kappa shape index (κ2) is 5.58. The van der Waals surface area contributed by atoms with Crippen LogP contribution in [0.5, 0.6) is 0 Å². The van der Waals surface area contributed by atoms with Crippen molar-refractivity contribution in [3.8, 4) is 0 Å². The highest BCUT2D eigenvalue weighted by molar-refractivity contribution is 5.94. The van der Waals surface area contributed by atoms with Gasteiger partial charge in [0.05, 0.1) is 5.52 Å². The number of fused-ring (bicyclic) bond motifs is 1. The molecule has 3 rings (SSSR count). The molecule has 0 aliphatic heterocycles. The average Bonchev–Trinajstić information content (AvgIpc) is 2.53. The van der Waals surface area contributed by atoms with Gasteiger partial charge in [-0.25, -0.2) is 0 Å². The van der Waals surface area contributed by atoms with E-state index in [-0.39, 0.29) is 11.0 Å². The molecule has 0 saturated carbocycles. The Morgan fingerprint density at radius 3 is 2.90 bits per heavy atom. The van der Waals surface area contributed by atoms with E-state index >= 15 is 0 Å². The molecule has 0 aliphatic carbocycles. The maximum atomic E-state index is 12.0. The van der Waals surface area contributed by atoms with E-state index in [1.807, 2.05) is 30.3 Å². The molecule has 0 bridgehead atoms. The van der Waals surface area contributed by atoms with Crippen LogP contribution in [0.15, 0.2) is 59.8 Å². The third-order valence-corrected chi connectivity index (χ3v) is 3.22. The summed E-state index contributed by atoms with van der Waals surface area (Å²) in [6.07, 6.45) is 4.61. The highest BCUT2D eigenvalue weighted by Gasteiger charge is 2.10. The summed E-state index contributed by atoms with van der Waals surface area (Å²) in [6, 6.07) is 11.0. The lowest BCUT2D eigenvalue weighted by molar-refractivity contribution is 0.0949. The largest absolute Gasteiger partial charge is 0.367 e. The molecule has 0 radical (unpaired) electrons. The van der Waals surface area contributed by atoms with Gasteiger partial charge in [-0.05, 0) is 11.6 Å². The van der Waals surface area contributed by atoms with Crippen molar-refractivity contribution in [2.75, 3.05) is 0 Å². The van der Waals surface area contributed by atoms with E-state index in [9.17, 15) is 9.59 Å². The van der Waals surface area contributed by atoms with E-state index in [0.29, 0.717) is 6.54 Å². The second-order valence-corrected chi connectivity index (χ2v) is 4.60. The van der Waals surface area contributed by atoms with Gasteiger partial charge >= 0.3 is 0 Å². The maximum Gasteiger partial charge on any atom is 0.257 e. The first-order chi connectivity index (χ1) is 10.3. The summed E-state index contributed by atoms with van der Waals surface area (Å²) in [7, 11) is 0. The zero-order valence-electron chi connectivity index (χ0n) is 11.2. The molecule has 5 nitrogen and oxygen atoms in total. The molecule has 0 unspecified atom stereocenters. The number of nitrogens with one attached hydrogen (secondary N) is 2. The summed E-state index contributed by atoms with van der Waals surface area (Å²) in [5, 5.41) is 3.76. The lowest BCUT2D eigenvalue weighted by Gasteiger charge is -2.07. The topological polar surface area (TPSA) is 74.8 Å². The minimum absolute atomic E-state index is 0.102. The van der Waals surface area contributed by atoms with Gasteiger partial charge in [0.2, 0.25) is 0 Å². The Labute approximate surface area is 120 Å². The van der Waals surface area contributed by atoms with Crippen LogP contribution in [0.1, 0.15) is 15.9 Å². The van der Waals surface area contributed by atoms with Crippen molar-refractivity contribution in [1.29, 1.82) is 0 Å². The number of aromatic nitrogens is 2. The van der Waals surface area contributed by atoms with Crippen molar-refractivity contribution in [2.24, 2.45) is 0 Å². The highest BCUT2D eigenvalue weighted by atomic mass is 16.2. The molecule has 1 aromatic carbocycles. The number of H-pyrrole nitrogens is 1. The standard InChI is InChI=1S/C16H13N3O2/c20-14-6-8-17-10-13(14)16(21)19-9-12-4-1-3-11-5-2-7-18-15(11)12/h1-8,10H,9H2,(H,17,20)(H,19,21). The first kappa shape index (κ1) is 13.1. The van der Waals surface area contributed by atoms with E-state index in [0.717, 1.165) is 16.5 Å². The molecule has 2 N–H and O–H groups in total. The van der Waals surface area contributed by atoms with Gasteiger partial charge in [-0.3, -0.25) is 14.6 Å². The van der Waals surface area contributed by atoms with Crippen molar-refractivity contribution in [2.45, 2.75) is 6.54 Å². The summed E-state index contributed by atoms with van der Waals surface area (Å²) in [5.41, 5.74) is 1.56. The number of rotatable bonds is 3. The fourth-order valence-electron chi connectivity index (χ4n) is 2.17. The van der Waals surface area contributed by atoms with Gasteiger partial charge in [-0.15, -0.1) is 0 Å². The molecule has 5 heteroatoms. The molecule has 1 amide bonds. The van der Waals surface area contributed by atoms with Gasteiger partial charge in [-0.2, -0.15) is 0 Å². The number of benzene rings is 1. The molecule has 104 valence electrons. The summed E-state index contributed by atoms with van der Waals surface area (Å²) in [5.74, 6) is -0.398. The van der Waals surface area contributed by atoms with E-state index in [4.69, 9.17) is 0 Å². The van der Waals surface area contributed by atoms with Crippen molar-refractivity contribution in [1.82, 2.24) is 15.3 Å². The molecule has 0 aliphatic rings. The predicted molar refractivity (Wildman–Crippen MR) is 80.0 cm³/mol.